The van der Waals surface area contributed by atoms with Crippen molar-refractivity contribution in [2.75, 3.05) is 10.6 Å². The van der Waals surface area contributed by atoms with Crippen LogP contribution in [0.4, 0.5) is 20.2 Å². The molecule has 4 rings (SSSR count). The summed E-state index contributed by atoms with van der Waals surface area (Å²) in [4.78, 5) is 25.5. The van der Waals surface area contributed by atoms with Gasteiger partial charge in [-0.3, -0.25) is 9.59 Å². The molecule has 0 heterocycles. The highest BCUT2D eigenvalue weighted by atomic mass is 35.5. The van der Waals surface area contributed by atoms with E-state index in [9.17, 15) is 18.4 Å². The van der Waals surface area contributed by atoms with Gasteiger partial charge in [0.05, 0.1) is 16.3 Å². The van der Waals surface area contributed by atoms with Gasteiger partial charge in [0.1, 0.15) is 11.6 Å². The molecule has 2 N–H and O–H groups in total. The van der Waals surface area contributed by atoms with Gasteiger partial charge in [0.15, 0.2) is 0 Å². The van der Waals surface area contributed by atoms with Gasteiger partial charge in [-0.15, -0.1) is 0 Å². The zero-order valence-electron chi connectivity index (χ0n) is 17.1. The molecule has 3 aromatic rings. The van der Waals surface area contributed by atoms with Crippen LogP contribution in [0.2, 0.25) is 15.1 Å². The highest BCUT2D eigenvalue weighted by Gasteiger charge is 2.52. The maximum Gasteiger partial charge on any atom is 0.257 e. The summed E-state index contributed by atoms with van der Waals surface area (Å²) in [6.45, 7) is 1.96. The molecule has 1 fully saturated rings. The van der Waals surface area contributed by atoms with Crippen LogP contribution in [0.25, 0.3) is 0 Å². The summed E-state index contributed by atoms with van der Waals surface area (Å²) in [5, 5.41) is 6.27. The van der Waals surface area contributed by atoms with Crippen LogP contribution >= 0.6 is 34.8 Å². The van der Waals surface area contributed by atoms with E-state index in [2.05, 4.69) is 10.6 Å². The third kappa shape index (κ3) is 5.13. The first-order chi connectivity index (χ1) is 15.6. The third-order valence-corrected chi connectivity index (χ3v) is 6.38. The number of hydrogen-bond donors (Lipinski definition) is 2. The highest BCUT2D eigenvalue weighted by Crippen LogP contribution is 2.54. The first-order valence-corrected chi connectivity index (χ1v) is 11.1. The summed E-state index contributed by atoms with van der Waals surface area (Å²) >= 11 is 18.3. The van der Waals surface area contributed by atoms with Gasteiger partial charge in [-0.05, 0) is 65.9 Å². The molecule has 0 bridgehead atoms. The van der Waals surface area contributed by atoms with E-state index < -0.39 is 17.5 Å². The number of anilines is 2. The van der Waals surface area contributed by atoms with Crippen molar-refractivity contribution in [1.29, 1.82) is 0 Å². The van der Waals surface area contributed by atoms with E-state index in [1.165, 1.54) is 12.1 Å². The summed E-state index contributed by atoms with van der Waals surface area (Å²) in [5.41, 5.74) is 1.08. The van der Waals surface area contributed by atoms with Crippen LogP contribution in [0.15, 0.2) is 54.6 Å². The van der Waals surface area contributed by atoms with Gasteiger partial charge in [0, 0.05) is 27.7 Å². The molecule has 4 nitrogen and oxygen atoms in total. The fraction of sp³-hybridized carbons (Fsp3) is 0.167. The van der Waals surface area contributed by atoms with Crippen LogP contribution in [-0.2, 0) is 4.79 Å². The van der Waals surface area contributed by atoms with Gasteiger partial charge in [-0.2, -0.15) is 0 Å². The molecule has 0 aromatic heterocycles. The molecule has 1 aliphatic carbocycles. The second kappa shape index (κ2) is 9.29. The van der Waals surface area contributed by atoms with Gasteiger partial charge in [-0.1, -0.05) is 41.7 Å². The molecule has 9 heteroatoms. The minimum Gasteiger partial charge on any atom is -0.326 e. The molecular formula is C24H17Cl3F2N2O2. The minimum absolute atomic E-state index is 0.0280. The lowest BCUT2D eigenvalue weighted by atomic mass is 10.1. The van der Waals surface area contributed by atoms with Crippen LogP contribution in [0.1, 0.15) is 28.8 Å². The van der Waals surface area contributed by atoms with Crippen LogP contribution in [0.3, 0.4) is 0 Å². The van der Waals surface area contributed by atoms with E-state index in [0.717, 1.165) is 17.7 Å². The van der Waals surface area contributed by atoms with Crippen LogP contribution in [0, 0.1) is 23.5 Å². The van der Waals surface area contributed by atoms with Gasteiger partial charge in [0.25, 0.3) is 5.91 Å². The summed E-state index contributed by atoms with van der Waals surface area (Å²) in [7, 11) is 0. The summed E-state index contributed by atoms with van der Waals surface area (Å²) in [5.74, 6) is -2.84. The number of amides is 2. The number of carbonyl (C=O) groups excluding carboxylic acids is 2. The average Bonchev–Trinajstić information content (AvgIpc) is 3.42. The van der Waals surface area contributed by atoms with Crippen molar-refractivity contribution in [3.8, 4) is 0 Å². The van der Waals surface area contributed by atoms with E-state index in [4.69, 9.17) is 34.8 Å². The van der Waals surface area contributed by atoms with Crippen molar-refractivity contribution in [2.24, 2.45) is 11.8 Å². The molecule has 0 spiro atoms. The van der Waals surface area contributed by atoms with E-state index in [1.807, 2.05) is 6.92 Å². The molecule has 0 radical (unpaired) electrons. The summed E-state index contributed by atoms with van der Waals surface area (Å²) < 4.78 is 27.0. The molecule has 2 amide bonds. The normalized spacial score (nSPS) is 19.2. The largest absolute Gasteiger partial charge is 0.326 e. The van der Waals surface area contributed by atoms with E-state index in [-0.39, 0.29) is 39.9 Å². The number of carbonyl (C=O) groups is 2. The van der Waals surface area contributed by atoms with Gasteiger partial charge < -0.3 is 10.6 Å². The Balaban J connectivity index is 1.48. The number of nitrogens with one attached hydrogen (secondary N) is 2. The van der Waals surface area contributed by atoms with E-state index in [0.29, 0.717) is 21.8 Å². The first-order valence-electron chi connectivity index (χ1n) is 9.97. The zero-order chi connectivity index (χ0) is 23.9. The minimum atomic E-state index is -0.918. The first kappa shape index (κ1) is 23.5. The van der Waals surface area contributed by atoms with Crippen LogP contribution in [0.5, 0.6) is 0 Å². The molecule has 2 unspecified atom stereocenters. The summed E-state index contributed by atoms with van der Waals surface area (Å²) in [6.07, 6.45) is 0. The fourth-order valence-corrected chi connectivity index (χ4v) is 4.67. The number of rotatable bonds is 5. The van der Waals surface area contributed by atoms with Crippen molar-refractivity contribution in [2.45, 2.75) is 12.8 Å². The van der Waals surface area contributed by atoms with Crippen molar-refractivity contribution >= 4 is 58.0 Å². The standard InChI is InChI=1S/C24H17Cl3F2N2O2/c1-11-21(12-6-13(25)8-14(26)7-12)22(11)24(33)30-16-3-4-18(27)17(10-16)23(32)31-20-5-2-15(28)9-19(20)29/h2-11,21-22H,1H3,(H,30,33)(H,31,32)/t11-,21?,22?/m0/s1. The molecule has 33 heavy (non-hydrogen) atoms. The second-order valence-electron chi connectivity index (χ2n) is 7.88. The fourth-order valence-electron chi connectivity index (χ4n) is 3.93. The lowest BCUT2D eigenvalue weighted by molar-refractivity contribution is -0.117. The highest BCUT2D eigenvalue weighted by molar-refractivity contribution is 6.35. The predicted octanol–water partition coefficient (Wildman–Crippen LogP) is 7.17. The average molecular weight is 510 g/mol. The number of halogens is 5. The Labute approximate surface area is 203 Å². The Hall–Kier alpha value is -2.67. The molecule has 0 aliphatic heterocycles. The van der Waals surface area contributed by atoms with Crippen molar-refractivity contribution in [3.63, 3.8) is 0 Å². The monoisotopic (exact) mass is 508 g/mol. The summed E-state index contributed by atoms with van der Waals surface area (Å²) in [6, 6.07) is 12.4. The van der Waals surface area contributed by atoms with Gasteiger partial charge in [-0.25, -0.2) is 8.78 Å². The Bertz CT molecular complexity index is 1250. The topological polar surface area (TPSA) is 58.2 Å². The Kier molecular flexibility index (Phi) is 6.61. The predicted molar refractivity (Wildman–Crippen MR) is 126 cm³/mol. The molecular weight excluding hydrogens is 493 g/mol. The Morgan fingerprint density at radius 2 is 1.58 bits per heavy atom. The van der Waals surface area contributed by atoms with Gasteiger partial charge >= 0.3 is 0 Å². The smallest absolute Gasteiger partial charge is 0.257 e. The Morgan fingerprint density at radius 1 is 0.879 bits per heavy atom. The number of hydrogen-bond acceptors (Lipinski definition) is 2. The lowest BCUT2D eigenvalue weighted by Crippen LogP contribution is -2.17. The third-order valence-electron chi connectivity index (χ3n) is 5.61. The lowest BCUT2D eigenvalue weighted by Gasteiger charge is -2.11. The Morgan fingerprint density at radius 3 is 2.24 bits per heavy atom. The second-order valence-corrected chi connectivity index (χ2v) is 9.16. The number of benzene rings is 3. The maximum atomic E-state index is 13.9. The quantitative estimate of drug-likeness (QED) is 0.383. The van der Waals surface area contributed by atoms with Crippen LogP contribution < -0.4 is 10.6 Å². The van der Waals surface area contributed by atoms with E-state index >= 15 is 0 Å². The zero-order valence-corrected chi connectivity index (χ0v) is 19.4. The van der Waals surface area contributed by atoms with E-state index in [1.54, 1.807) is 24.3 Å². The molecule has 170 valence electrons. The maximum absolute atomic E-state index is 13.9. The van der Waals surface area contributed by atoms with Crippen molar-refractivity contribution < 1.29 is 18.4 Å². The molecule has 3 atom stereocenters. The van der Waals surface area contributed by atoms with Crippen LogP contribution in [-0.4, -0.2) is 11.8 Å². The molecule has 3 aromatic carbocycles. The van der Waals surface area contributed by atoms with Crippen molar-refractivity contribution in [1.82, 2.24) is 0 Å². The molecule has 1 aliphatic rings. The SMILES string of the molecule is C[C@@H]1C(C(=O)Nc2ccc(Cl)c(C(=O)Nc3ccc(F)cc3F)c2)C1c1cc(Cl)cc(Cl)c1. The van der Waals surface area contributed by atoms with Gasteiger partial charge in [0.2, 0.25) is 5.91 Å². The molecule has 1 saturated carbocycles. The van der Waals surface area contributed by atoms with Crippen molar-refractivity contribution in [3.05, 3.63) is 92.4 Å². The molecule has 0 saturated heterocycles.